The zero-order valence-electron chi connectivity index (χ0n) is 16.7. The van der Waals surface area contributed by atoms with Crippen molar-refractivity contribution in [3.63, 3.8) is 0 Å². The molecule has 2 aromatic rings. The van der Waals surface area contributed by atoms with Gasteiger partial charge in [0.05, 0.1) is 5.02 Å². The van der Waals surface area contributed by atoms with Gasteiger partial charge in [-0.05, 0) is 74.5 Å². The van der Waals surface area contributed by atoms with Gasteiger partial charge >= 0.3 is 0 Å². The number of carbonyl (C=O) groups excluding carboxylic acids is 1. The third-order valence-corrected chi connectivity index (χ3v) is 6.00. The Hall–Kier alpha value is -2.18. The molecule has 1 amide bonds. The number of aromatic nitrogens is 1. The Morgan fingerprint density at radius 2 is 2.00 bits per heavy atom. The van der Waals surface area contributed by atoms with Gasteiger partial charge in [-0.25, -0.2) is 4.39 Å². The van der Waals surface area contributed by atoms with E-state index in [9.17, 15) is 14.3 Å². The molecule has 2 N–H and O–H groups in total. The first-order chi connectivity index (χ1) is 13.9. The lowest BCUT2D eigenvalue weighted by atomic mass is 9.91. The van der Waals surface area contributed by atoms with Gasteiger partial charge in [0.15, 0.2) is 11.6 Å². The lowest BCUT2D eigenvalue weighted by Crippen LogP contribution is -2.42. The summed E-state index contributed by atoms with van der Waals surface area (Å²) >= 11 is 6.04. The molecular weight excluding hydrogens is 393 g/mol. The third kappa shape index (κ3) is 5.67. The van der Waals surface area contributed by atoms with Gasteiger partial charge in [-0.1, -0.05) is 17.7 Å². The summed E-state index contributed by atoms with van der Waals surface area (Å²) in [4.78, 5) is 18.7. The van der Waals surface area contributed by atoms with E-state index in [0.29, 0.717) is 30.9 Å². The van der Waals surface area contributed by atoms with Crippen molar-refractivity contribution in [3.8, 4) is 5.75 Å². The molecule has 2 atom stereocenters. The van der Waals surface area contributed by atoms with Crippen LogP contribution in [0.15, 0.2) is 36.7 Å². The molecule has 1 unspecified atom stereocenters. The molecule has 0 aliphatic heterocycles. The topological polar surface area (TPSA) is 65.5 Å². The van der Waals surface area contributed by atoms with Crippen molar-refractivity contribution < 1.29 is 14.3 Å². The highest BCUT2D eigenvalue weighted by molar-refractivity contribution is 6.31. The first kappa shape index (κ1) is 21.5. The second-order valence-corrected chi connectivity index (χ2v) is 8.30. The highest BCUT2D eigenvalue weighted by atomic mass is 35.5. The summed E-state index contributed by atoms with van der Waals surface area (Å²) in [7, 11) is 3.82. The Morgan fingerprint density at radius 1 is 1.31 bits per heavy atom. The minimum absolute atomic E-state index is 0.00791. The standard InChI is InChI=1S/C22H27ClFN3O2/c1-27(2)17(11-16-5-6-19(28)22(24)21(16)23)13-26-20(29)12-18(14-3-4-14)15-7-9-25-10-8-15/h5-10,14,17-18,28H,3-4,11-13H2,1-2H3,(H,26,29)/t17-,18?/m0/s1. The largest absolute Gasteiger partial charge is 0.505 e. The SMILES string of the molecule is CN(C)[C@H](CNC(=O)CC(c1ccncc1)C1CC1)Cc1ccc(O)c(F)c1Cl. The lowest BCUT2D eigenvalue weighted by Gasteiger charge is -2.26. The molecule has 0 bridgehead atoms. The molecule has 1 aromatic carbocycles. The monoisotopic (exact) mass is 419 g/mol. The molecule has 1 aromatic heterocycles. The number of nitrogens with one attached hydrogen (secondary N) is 1. The number of nitrogens with zero attached hydrogens (tertiary/aromatic N) is 2. The van der Waals surface area contributed by atoms with Gasteiger partial charge in [-0.15, -0.1) is 0 Å². The van der Waals surface area contributed by atoms with Crippen LogP contribution in [-0.2, 0) is 11.2 Å². The molecule has 1 saturated carbocycles. The molecule has 7 heteroatoms. The molecule has 1 heterocycles. The first-order valence-electron chi connectivity index (χ1n) is 9.85. The minimum atomic E-state index is -0.810. The van der Waals surface area contributed by atoms with Crippen LogP contribution in [0.2, 0.25) is 5.02 Å². The van der Waals surface area contributed by atoms with Crippen molar-refractivity contribution in [2.75, 3.05) is 20.6 Å². The minimum Gasteiger partial charge on any atom is -0.505 e. The van der Waals surface area contributed by atoms with Crippen molar-refractivity contribution >= 4 is 17.5 Å². The van der Waals surface area contributed by atoms with Crippen LogP contribution < -0.4 is 5.32 Å². The first-order valence-corrected chi connectivity index (χ1v) is 10.2. The van der Waals surface area contributed by atoms with Gasteiger partial charge in [0.25, 0.3) is 0 Å². The molecule has 0 radical (unpaired) electrons. The van der Waals surface area contributed by atoms with Crippen LogP contribution in [0.3, 0.4) is 0 Å². The summed E-state index contributed by atoms with van der Waals surface area (Å²) in [6.45, 7) is 0.429. The number of phenols is 1. The zero-order valence-corrected chi connectivity index (χ0v) is 17.5. The number of pyridine rings is 1. The fourth-order valence-corrected chi connectivity index (χ4v) is 3.83. The van der Waals surface area contributed by atoms with E-state index < -0.39 is 11.6 Å². The van der Waals surface area contributed by atoms with E-state index in [-0.39, 0.29) is 22.9 Å². The molecule has 0 spiro atoms. The van der Waals surface area contributed by atoms with Gasteiger partial charge in [-0.2, -0.15) is 0 Å². The van der Waals surface area contributed by atoms with Crippen molar-refractivity contribution in [2.24, 2.45) is 5.92 Å². The molecule has 3 rings (SSSR count). The maximum atomic E-state index is 13.9. The van der Waals surface area contributed by atoms with E-state index in [1.54, 1.807) is 18.5 Å². The fourth-order valence-electron chi connectivity index (χ4n) is 3.60. The highest BCUT2D eigenvalue weighted by Gasteiger charge is 2.33. The second kappa shape index (κ2) is 9.55. The number of phenolic OH excluding ortho intramolecular Hbond substituents is 1. The van der Waals surface area contributed by atoms with Crippen LogP contribution in [0.5, 0.6) is 5.75 Å². The summed E-state index contributed by atoms with van der Waals surface area (Å²) in [6.07, 6.45) is 6.76. The van der Waals surface area contributed by atoms with Gasteiger partial charge in [0, 0.05) is 31.4 Å². The fraction of sp³-hybridized carbons (Fsp3) is 0.455. The summed E-state index contributed by atoms with van der Waals surface area (Å²) in [5, 5.41) is 12.4. The van der Waals surface area contributed by atoms with Gasteiger partial charge in [0.2, 0.25) is 5.91 Å². The van der Waals surface area contributed by atoms with Gasteiger partial charge in [-0.3, -0.25) is 9.78 Å². The van der Waals surface area contributed by atoms with Crippen LogP contribution >= 0.6 is 11.6 Å². The molecular formula is C22H27ClFN3O2. The van der Waals surface area contributed by atoms with Crippen molar-refractivity contribution in [3.05, 3.63) is 58.6 Å². The maximum Gasteiger partial charge on any atom is 0.220 e. The zero-order chi connectivity index (χ0) is 21.0. The van der Waals surface area contributed by atoms with E-state index in [1.165, 1.54) is 6.07 Å². The van der Waals surface area contributed by atoms with E-state index >= 15 is 0 Å². The summed E-state index contributed by atoms with van der Waals surface area (Å²) in [5.74, 6) is -0.484. The second-order valence-electron chi connectivity index (χ2n) is 7.93. The van der Waals surface area contributed by atoms with E-state index in [1.807, 2.05) is 31.1 Å². The number of halogens is 2. The number of carbonyl (C=O) groups is 1. The average molecular weight is 420 g/mol. The summed E-state index contributed by atoms with van der Waals surface area (Å²) < 4.78 is 13.9. The smallest absolute Gasteiger partial charge is 0.220 e. The van der Waals surface area contributed by atoms with Gasteiger partial charge < -0.3 is 15.3 Å². The molecule has 1 aliphatic rings. The summed E-state index contributed by atoms with van der Waals surface area (Å²) in [6, 6.07) is 6.84. The molecule has 1 aliphatic carbocycles. The lowest BCUT2D eigenvalue weighted by molar-refractivity contribution is -0.121. The van der Waals surface area contributed by atoms with E-state index in [2.05, 4.69) is 10.3 Å². The predicted molar refractivity (Wildman–Crippen MR) is 112 cm³/mol. The number of amides is 1. The molecule has 156 valence electrons. The Labute approximate surface area is 175 Å². The van der Waals surface area contributed by atoms with E-state index in [0.717, 1.165) is 18.4 Å². The normalized spacial score (nSPS) is 15.9. The number of benzene rings is 1. The average Bonchev–Trinajstić information content (AvgIpc) is 3.54. The van der Waals surface area contributed by atoms with Crippen LogP contribution in [-0.4, -0.2) is 47.6 Å². The van der Waals surface area contributed by atoms with Crippen LogP contribution in [0.1, 0.15) is 36.3 Å². The number of hydrogen-bond donors (Lipinski definition) is 2. The third-order valence-electron chi connectivity index (χ3n) is 5.59. The Bertz CT molecular complexity index is 843. The number of hydrogen-bond acceptors (Lipinski definition) is 4. The highest BCUT2D eigenvalue weighted by Crippen LogP contribution is 2.44. The molecule has 29 heavy (non-hydrogen) atoms. The maximum absolute atomic E-state index is 13.9. The Balaban J connectivity index is 1.60. The van der Waals surface area contributed by atoms with Gasteiger partial charge in [0.1, 0.15) is 0 Å². The number of aromatic hydroxyl groups is 1. The molecule has 5 nitrogen and oxygen atoms in total. The van der Waals surface area contributed by atoms with Crippen molar-refractivity contribution in [1.82, 2.24) is 15.2 Å². The Kier molecular flexibility index (Phi) is 7.09. The molecule has 1 fully saturated rings. The Morgan fingerprint density at radius 3 is 2.62 bits per heavy atom. The van der Waals surface area contributed by atoms with Crippen LogP contribution in [0.25, 0.3) is 0 Å². The van der Waals surface area contributed by atoms with Crippen LogP contribution in [0.4, 0.5) is 4.39 Å². The number of likely N-dealkylation sites (N-methyl/N-ethyl adjacent to an activating group) is 1. The quantitative estimate of drug-likeness (QED) is 0.649. The van der Waals surface area contributed by atoms with E-state index in [4.69, 9.17) is 11.6 Å². The van der Waals surface area contributed by atoms with Crippen molar-refractivity contribution in [1.29, 1.82) is 0 Å². The number of rotatable bonds is 9. The molecule has 0 saturated heterocycles. The predicted octanol–water partition coefficient (Wildman–Crippen LogP) is 3.75. The summed E-state index contributed by atoms with van der Waals surface area (Å²) in [5.41, 5.74) is 1.76. The van der Waals surface area contributed by atoms with Crippen molar-refractivity contribution in [2.45, 2.75) is 37.6 Å². The van der Waals surface area contributed by atoms with Crippen LogP contribution in [0, 0.1) is 11.7 Å².